The highest BCUT2D eigenvalue weighted by Crippen LogP contribution is 2.04. The Morgan fingerprint density at radius 1 is 1.50 bits per heavy atom. The molecule has 1 heterocycles. The highest BCUT2D eigenvalue weighted by molar-refractivity contribution is 5.76. The molecule has 14 heavy (non-hydrogen) atoms. The van der Waals surface area contributed by atoms with Gasteiger partial charge in [0.25, 0.3) is 0 Å². The number of rotatable bonds is 3. The second-order valence-corrected chi connectivity index (χ2v) is 3.24. The van der Waals surface area contributed by atoms with Gasteiger partial charge in [-0.15, -0.1) is 0 Å². The van der Waals surface area contributed by atoms with Crippen LogP contribution in [0.1, 0.15) is 26.5 Å². The number of aromatic nitrogens is 1. The lowest BCUT2D eigenvalue weighted by Crippen LogP contribution is -2.00. The van der Waals surface area contributed by atoms with Crippen molar-refractivity contribution in [3.8, 4) is 0 Å². The molecule has 0 fully saturated rings. The predicted octanol–water partition coefficient (Wildman–Crippen LogP) is 2.86. The van der Waals surface area contributed by atoms with Gasteiger partial charge in [-0.1, -0.05) is 17.7 Å². The molecule has 0 saturated carbocycles. The van der Waals surface area contributed by atoms with Crippen molar-refractivity contribution in [2.75, 3.05) is 0 Å². The van der Waals surface area contributed by atoms with Gasteiger partial charge in [0.05, 0.1) is 11.7 Å². The predicted molar refractivity (Wildman–Crippen MR) is 60.7 cm³/mol. The van der Waals surface area contributed by atoms with Crippen LogP contribution in [0.15, 0.2) is 41.0 Å². The summed E-state index contributed by atoms with van der Waals surface area (Å²) >= 11 is 0. The van der Waals surface area contributed by atoms with E-state index < -0.39 is 0 Å². The van der Waals surface area contributed by atoms with Gasteiger partial charge in [0.15, 0.2) is 0 Å². The number of hydrogen-bond donors (Lipinski definition) is 0. The molecule has 0 N–H and O–H groups in total. The average molecular weight is 188 g/mol. The van der Waals surface area contributed by atoms with Crippen molar-refractivity contribution in [2.24, 2.45) is 4.99 Å². The van der Waals surface area contributed by atoms with E-state index in [1.165, 1.54) is 5.57 Å². The largest absolute Gasteiger partial charge is 0.284 e. The molecule has 1 unspecified atom stereocenters. The van der Waals surface area contributed by atoms with Gasteiger partial charge < -0.3 is 0 Å². The van der Waals surface area contributed by atoms with Crippen LogP contribution in [0.4, 0.5) is 0 Å². The lowest BCUT2D eigenvalue weighted by atomic mass is 10.1. The molecule has 2 nitrogen and oxygen atoms in total. The van der Waals surface area contributed by atoms with E-state index >= 15 is 0 Å². The normalized spacial score (nSPS) is 14.6. The maximum absolute atomic E-state index is 4.41. The van der Waals surface area contributed by atoms with Crippen molar-refractivity contribution in [3.05, 3.63) is 41.7 Å². The highest BCUT2D eigenvalue weighted by Gasteiger charge is 1.98. The molecule has 1 aromatic heterocycles. The zero-order valence-electron chi connectivity index (χ0n) is 8.94. The first kappa shape index (κ1) is 10.6. The third kappa shape index (κ3) is 3.13. The van der Waals surface area contributed by atoms with E-state index in [1.54, 1.807) is 6.20 Å². The van der Waals surface area contributed by atoms with Crippen LogP contribution in [-0.4, -0.2) is 17.2 Å². The lowest BCUT2D eigenvalue weighted by Gasteiger charge is -2.04. The van der Waals surface area contributed by atoms with E-state index in [2.05, 4.69) is 29.9 Å². The molecule has 0 radical (unpaired) electrons. The van der Waals surface area contributed by atoms with Gasteiger partial charge in [0, 0.05) is 12.4 Å². The minimum atomic E-state index is 0.238. The smallest absolute Gasteiger partial charge is 0.0808 e. The van der Waals surface area contributed by atoms with Crippen LogP contribution in [0.5, 0.6) is 0 Å². The molecule has 1 atom stereocenters. The summed E-state index contributed by atoms with van der Waals surface area (Å²) in [6.07, 6.45) is 5.67. The number of hydrogen-bond acceptors (Lipinski definition) is 2. The van der Waals surface area contributed by atoms with Gasteiger partial charge in [-0.3, -0.25) is 9.98 Å². The number of allylic oxidation sites excluding steroid dienone is 1. The summed E-state index contributed by atoms with van der Waals surface area (Å²) in [5.41, 5.74) is 2.18. The summed E-state index contributed by atoms with van der Waals surface area (Å²) in [6.45, 7) is 6.19. The minimum Gasteiger partial charge on any atom is -0.284 e. The van der Waals surface area contributed by atoms with Crippen molar-refractivity contribution in [2.45, 2.75) is 26.8 Å². The Morgan fingerprint density at radius 3 is 2.86 bits per heavy atom. The maximum atomic E-state index is 4.41. The Labute approximate surface area is 85.4 Å². The third-order valence-corrected chi connectivity index (χ3v) is 2.23. The molecule has 0 spiro atoms. The Balaban J connectivity index is 2.65. The fourth-order valence-corrected chi connectivity index (χ4v) is 0.999. The molecule has 0 saturated heterocycles. The minimum absolute atomic E-state index is 0.238. The van der Waals surface area contributed by atoms with Crippen LogP contribution in [0.2, 0.25) is 0 Å². The van der Waals surface area contributed by atoms with Gasteiger partial charge in [-0.2, -0.15) is 0 Å². The van der Waals surface area contributed by atoms with E-state index in [9.17, 15) is 0 Å². The summed E-state index contributed by atoms with van der Waals surface area (Å²) in [5, 5.41) is 0. The SMILES string of the molecule is CC=C(C)C(C)N=Cc1ccccn1. The van der Waals surface area contributed by atoms with Crippen LogP contribution in [0.3, 0.4) is 0 Å². The van der Waals surface area contributed by atoms with Crippen molar-refractivity contribution in [3.63, 3.8) is 0 Å². The van der Waals surface area contributed by atoms with Gasteiger partial charge in [-0.05, 0) is 32.9 Å². The highest BCUT2D eigenvalue weighted by atomic mass is 14.8. The Hall–Kier alpha value is -1.44. The zero-order chi connectivity index (χ0) is 10.4. The second-order valence-electron chi connectivity index (χ2n) is 3.24. The third-order valence-electron chi connectivity index (χ3n) is 2.23. The van der Waals surface area contributed by atoms with E-state index in [1.807, 2.05) is 31.3 Å². The van der Waals surface area contributed by atoms with Crippen molar-refractivity contribution >= 4 is 6.21 Å². The zero-order valence-corrected chi connectivity index (χ0v) is 8.94. The first-order valence-corrected chi connectivity index (χ1v) is 4.81. The molecule has 0 bridgehead atoms. The van der Waals surface area contributed by atoms with E-state index in [-0.39, 0.29) is 6.04 Å². The first-order chi connectivity index (χ1) is 6.74. The summed E-state index contributed by atoms with van der Waals surface area (Å²) in [6, 6.07) is 6.04. The van der Waals surface area contributed by atoms with E-state index in [4.69, 9.17) is 0 Å². The topological polar surface area (TPSA) is 25.2 Å². The number of pyridine rings is 1. The van der Waals surface area contributed by atoms with E-state index in [0.29, 0.717) is 0 Å². The maximum Gasteiger partial charge on any atom is 0.0808 e. The molecule has 2 heteroatoms. The van der Waals surface area contributed by atoms with Gasteiger partial charge in [0.2, 0.25) is 0 Å². The van der Waals surface area contributed by atoms with Crippen molar-refractivity contribution < 1.29 is 0 Å². The summed E-state index contributed by atoms with van der Waals surface area (Å²) < 4.78 is 0. The van der Waals surface area contributed by atoms with Gasteiger partial charge >= 0.3 is 0 Å². The molecule has 0 aliphatic rings. The number of nitrogens with zero attached hydrogens (tertiary/aromatic N) is 2. The summed E-state index contributed by atoms with van der Waals surface area (Å²) in [4.78, 5) is 8.58. The Kier molecular flexibility index (Phi) is 4.05. The Morgan fingerprint density at radius 2 is 2.29 bits per heavy atom. The molecule has 0 aromatic carbocycles. The average Bonchev–Trinajstić information content (AvgIpc) is 2.26. The molecule has 74 valence electrons. The van der Waals surface area contributed by atoms with Crippen LogP contribution < -0.4 is 0 Å². The summed E-state index contributed by atoms with van der Waals surface area (Å²) in [7, 11) is 0. The quantitative estimate of drug-likeness (QED) is 0.529. The fraction of sp³-hybridized carbons (Fsp3) is 0.333. The molecule has 0 aliphatic heterocycles. The van der Waals surface area contributed by atoms with Crippen LogP contribution in [0, 0.1) is 0 Å². The molecule has 0 amide bonds. The first-order valence-electron chi connectivity index (χ1n) is 4.81. The lowest BCUT2D eigenvalue weighted by molar-refractivity contribution is 0.864. The second kappa shape index (κ2) is 5.32. The molecular formula is C12H16N2. The van der Waals surface area contributed by atoms with Crippen molar-refractivity contribution in [1.82, 2.24) is 4.98 Å². The Bertz CT molecular complexity index is 325. The van der Waals surface area contributed by atoms with Gasteiger partial charge in [-0.25, -0.2) is 0 Å². The molecule has 0 aliphatic carbocycles. The van der Waals surface area contributed by atoms with E-state index in [0.717, 1.165) is 5.69 Å². The fourth-order valence-electron chi connectivity index (χ4n) is 0.999. The van der Waals surface area contributed by atoms with Crippen LogP contribution in [0.25, 0.3) is 0 Å². The summed E-state index contributed by atoms with van der Waals surface area (Å²) in [5.74, 6) is 0. The van der Waals surface area contributed by atoms with Crippen LogP contribution >= 0.6 is 0 Å². The van der Waals surface area contributed by atoms with Gasteiger partial charge in [0.1, 0.15) is 0 Å². The van der Waals surface area contributed by atoms with Crippen molar-refractivity contribution in [1.29, 1.82) is 0 Å². The monoisotopic (exact) mass is 188 g/mol. The number of aliphatic imine (C=N–C) groups is 1. The molecule has 1 aromatic rings. The standard InChI is InChI=1S/C12H16N2/c1-4-10(2)11(3)14-9-12-7-5-6-8-13-12/h4-9,11H,1-3H3. The molecule has 1 rings (SSSR count). The van der Waals surface area contributed by atoms with Crippen LogP contribution in [-0.2, 0) is 0 Å². The molecular weight excluding hydrogens is 172 g/mol.